The van der Waals surface area contributed by atoms with Crippen LogP contribution in [-0.4, -0.2) is 24.2 Å². The number of benzene rings is 1. The Hall–Kier alpha value is -3.09. The van der Waals surface area contributed by atoms with Gasteiger partial charge < -0.3 is 27.1 Å². The topological polar surface area (TPSA) is 120 Å². The highest BCUT2D eigenvalue weighted by atomic mass is 16.2. The first-order chi connectivity index (χ1) is 12.5. The number of carbonyl (C=O) groups excluding carboxylic acids is 2. The molecule has 26 heavy (non-hydrogen) atoms. The zero-order valence-corrected chi connectivity index (χ0v) is 14.7. The molecule has 0 spiro atoms. The summed E-state index contributed by atoms with van der Waals surface area (Å²) in [4.78, 5) is 24.9. The van der Waals surface area contributed by atoms with Crippen molar-refractivity contribution in [3.8, 4) is 0 Å². The molecule has 2 aliphatic rings. The second kappa shape index (κ2) is 7.43. The van der Waals surface area contributed by atoms with E-state index in [0.29, 0.717) is 28.2 Å². The number of amides is 3. The van der Waals surface area contributed by atoms with Gasteiger partial charge in [0.2, 0.25) is 0 Å². The number of nitrogen functional groups attached to an aromatic ring is 1. The number of urea groups is 1. The van der Waals surface area contributed by atoms with Crippen LogP contribution >= 0.6 is 0 Å². The third kappa shape index (κ3) is 3.61. The van der Waals surface area contributed by atoms with Crippen molar-refractivity contribution in [2.24, 2.45) is 0 Å². The Labute approximate surface area is 152 Å². The van der Waals surface area contributed by atoms with E-state index in [1.54, 1.807) is 25.1 Å². The summed E-state index contributed by atoms with van der Waals surface area (Å²) >= 11 is 0. The highest BCUT2D eigenvalue weighted by Gasteiger charge is 2.32. The maximum atomic E-state index is 12.9. The highest BCUT2D eigenvalue weighted by molar-refractivity contribution is 6.07. The average molecular weight is 353 g/mol. The van der Waals surface area contributed by atoms with Gasteiger partial charge in [-0.2, -0.15) is 0 Å². The third-order valence-corrected chi connectivity index (χ3v) is 4.71. The zero-order valence-electron chi connectivity index (χ0n) is 14.7. The van der Waals surface area contributed by atoms with Gasteiger partial charge in [0, 0.05) is 28.8 Å². The fraction of sp³-hybridized carbons (Fsp3) is 0.316. The van der Waals surface area contributed by atoms with Gasteiger partial charge in [0.15, 0.2) is 0 Å². The Morgan fingerprint density at radius 3 is 2.88 bits per heavy atom. The highest BCUT2D eigenvalue weighted by Crippen LogP contribution is 2.28. The normalized spacial score (nSPS) is 20.0. The summed E-state index contributed by atoms with van der Waals surface area (Å²) in [7, 11) is 0. The minimum Gasteiger partial charge on any atom is -0.398 e. The van der Waals surface area contributed by atoms with Crippen molar-refractivity contribution in [3.05, 3.63) is 46.7 Å². The van der Waals surface area contributed by atoms with Crippen LogP contribution in [0.2, 0.25) is 0 Å². The molecule has 7 heteroatoms. The molecule has 1 aliphatic carbocycles. The van der Waals surface area contributed by atoms with Crippen molar-refractivity contribution >= 4 is 29.5 Å². The fourth-order valence-electron chi connectivity index (χ4n) is 3.37. The molecule has 3 rings (SSSR count). The van der Waals surface area contributed by atoms with Gasteiger partial charge in [0.1, 0.15) is 0 Å². The first-order valence-corrected chi connectivity index (χ1v) is 8.68. The average Bonchev–Trinajstić information content (AvgIpc) is 2.63. The summed E-state index contributed by atoms with van der Waals surface area (Å²) in [5.41, 5.74) is 9.49. The molecule has 6 N–H and O–H groups in total. The summed E-state index contributed by atoms with van der Waals surface area (Å²) in [5.74, 6) is -0.285. The van der Waals surface area contributed by atoms with E-state index in [4.69, 9.17) is 11.1 Å². The first kappa shape index (κ1) is 17.7. The second-order valence-electron chi connectivity index (χ2n) is 6.54. The summed E-state index contributed by atoms with van der Waals surface area (Å²) in [6, 6.07) is 4.29. The third-order valence-electron chi connectivity index (χ3n) is 4.71. The summed E-state index contributed by atoms with van der Waals surface area (Å²) in [5, 5.41) is 15.8. The number of nitrogens with one attached hydrogen (secondary N) is 4. The van der Waals surface area contributed by atoms with E-state index in [9.17, 15) is 9.59 Å². The van der Waals surface area contributed by atoms with Crippen LogP contribution < -0.4 is 21.7 Å². The lowest BCUT2D eigenvalue weighted by Crippen LogP contribution is -2.51. The van der Waals surface area contributed by atoms with Crippen molar-refractivity contribution in [2.45, 2.75) is 38.6 Å². The van der Waals surface area contributed by atoms with Gasteiger partial charge in [-0.3, -0.25) is 4.79 Å². The molecule has 136 valence electrons. The van der Waals surface area contributed by atoms with Crippen LogP contribution in [-0.2, 0) is 4.79 Å². The predicted molar refractivity (Wildman–Crippen MR) is 102 cm³/mol. The Balaban J connectivity index is 1.89. The Morgan fingerprint density at radius 1 is 1.38 bits per heavy atom. The zero-order chi connectivity index (χ0) is 18.7. The molecule has 0 aromatic heterocycles. The summed E-state index contributed by atoms with van der Waals surface area (Å²) < 4.78 is 0. The smallest absolute Gasteiger partial charge is 0.319 e. The fourth-order valence-corrected chi connectivity index (χ4v) is 3.37. The molecule has 1 unspecified atom stereocenters. The van der Waals surface area contributed by atoms with Crippen molar-refractivity contribution in [2.75, 3.05) is 11.1 Å². The van der Waals surface area contributed by atoms with E-state index >= 15 is 0 Å². The van der Waals surface area contributed by atoms with Crippen LogP contribution in [0.3, 0.4) is 0 Å². The van der Waals surface area contributed by atoms with Crippen LogP contribution in [0.25, 0.3) is 0 Å². The molecule has 1 heterocycles. The van der Waals surface area contributed by atoms with Crippen molar-refractivity contribution in [1.29, 1.82) is 5.41 Å². The number of hydrogen-bond donors (Lipinski definition) is 5. The second-order valence-corrected chi connectivity index (χ2v) is 6.54. The van der Waals surface area contributed by atoms with E-state index in [-0.39, 0.29) is 11.9 Å². The quantitative estimate of drug-likeness (QED) is 0.325. The number of carbonyl (C=O) groups is 2. The molecule has 1 aromatic carbocycles. The van der Waals surface area contributed by atoms with Gasteiger partial charge in [0.25, 0.3) is 5.91 Å². The van der Waals surface area contributed by atoms with Crippen molar-refractivity contribution < 1.29 is 9.59 Å². The molecule has 3 amide bonds. The van der Waals surface area contributed by atoms with Gasteiger partial charge in [-0.15, -0.1) is 0 Å². The maximum Gasteiger partial charge on any atom is 0.319 e. The van der Waals surface area contributed by atoms with Gasteiger partial charge in [-0.25, -0.2) is 4.79 Å². The maximum absolute atomic E-state index is 12.9. The number of nitrogens with two attached hydrogens (primary N) is 1. The van der Waals surface area contributed by atoms with Gasteiger partial charge in [-0.1, -0.05) is 6.08 Å². The van der Waals surface area contributed by atoms with E-state index in [2.05, 4.69) is 22.0 Å². The van der Waals surface area contributed by atoms with E-state index in [0.717, 1.165) is 37.5 Å². The molecule has 0 saturated heterocycles. The molecule has 1 atom stereocenters. The summed E-state index contributed by atoms with van der Waals surface area (Å²) in [6.45, 7) is 1.73. The van der Waals surface area contributed by atoms with Crippen LogP contribution in [0.5, 0.6) is 0 Å². The van der Waals surface area contributed by atoms with Crippen LogP contribution in [0.15, 0.2) is 41.1 Å². The SMILES string of the molecule is CC1=C(C(=O)Nc2ccc(N)c(C=N)c2)C(C2=CCCCC2)NC(=O)N1. The van der Waals surface area contributed by atoms with E-state index < -0.39 is 6.04 Å². The van der Waals surface area contributed by atoms with Crippen LogP contribution in [0.1, 0.15) is 38.2 Å². The van der Waals surface area contributed by atoms with Gasteiger partial charge in [-0.05, 0) is 56.4 Å². The molecule has 0 fully saturated rings. The Morgan fingerprint density at radius 2 is 2.19 bits per heavy atom. The first-order valence-electron chi connectivity index (χ1n) is 8.68. The molecule has 7 nitrogen and oxygen atoms in total. The lowest BCUT2D eigenvalue weighted by Gasteiger charge is -2.31. The molecule has 0 radical (unpaired) electrons. The van der Waals surface area contributed by atoms with Gasteiger partial charge in [0.05, 0.1) is 11.6 Å². The monoisotopic (exact) mass is 353 g/mol. The van der Waals surface area contributed by atoms with E-state index in [1.165, 1.54) is 0 Å². The molecule has 0 bridgehead atoms. The minimum absolute atomic E-state index is 0.285. The minimum atomic E-state index is -0.417. The van der Waals surface area contributed by atoms with Crippen molar-refractivity contribution in [1.82, 2.24) is 10.6 Å². The Bertz CT molecular complexity index is 825. The number of allylic oxidation sites excluding steroid dienone is 2. The van der Waals surface area contributed by atoms with Gasteiger partial charge >= 0.3 is 6.03 Å². The number of anilines is 2. The Kier molecular flexibility index (Phi) is 5.06. The lowest BCUT2D eigenvalue weighted by atomic mass is 9.87. The largest absolute Gasteiger partial charge is 0.398 e. The molecular formula is C19H23N5O2. The van der Waals surface area contributed by atoms with E-state index in [1.807, 2.05) is 0 Å². The lowest BCUT2D eigenvalue weighted by molar-refractivity contribution is -0.113. The molecular weight excluding hydrogens is 330 g/mol. The predicted octanol–water partition coefficient (Wildman–Crippen LogP) is 2.66. The number of hydrogen-bond acceptors (Lipinski definition) is 4. The van der Waals surface area contributed by atoms with Crippen LogP contribution in [0, 0.1) is 5.41 Å². The molecule has 0 saturated carbocycles. The molecule has 1 aliphatic heterocycles. The van der Waals surface area contributed by atoms with Crippen LogP contribution in [0.4, 0.5) is 16.2 Å². The van der Waals surface area contributed by atoms with Crippen molar-refractivity contribution in [3.63, 3.8) is 0 Å². The molecule has 1 aromatic rings. The summed E-state index contributed by atoms with van der Waals surface area (Å²) in [6.07, 6.45) is 7.29. The number of rotatable bonds is 4. The standard InChI is InChI=1S/C19H23N5O2/c1-11-16(17(24-19(26)22-11)12-5-3-2-4-6-12)18(25)23-14-7-8-15(21)13(9-14)10-20/h5,7-10,17,20H,2-4,6,21H2,1H3,(H,23,25)(H2,22,24,26).